The van der Waals surface area contributed by atoms with Gasteiger partial charge in [-0.15, -0.1) is 0 Å². The van der Waals surface area contributed by atoms with E-state index in [-0.39, 0.29) is 17.5 Å². The minimum absolute atomic E-state index is 0.227. The Kier molecular flexibility index (Phi) is 5.14. The molecule has 1 aliphatic heterocycles. The van der Waals surface area contributed by atoms with Crippen LogP contribution in [0.1, 0.15) is 27.6 Å². The van der Waals surface area contributed by atoms with Crippen molar-refractivity contribution in [2.24, 2.45) is 0 Å². The molecule has 3 rings (SSSR count). The van der Waals surface area contributed by atoms with Gasteiger partial charge in [-0.1, -0.05) is 29.8 Å². The summed E-state index contributed by atoms with van der Waals surface area (Å²) in [6, 6.07) is 11.2. The molecule has 0 radical (unpaired) electrons. The van der Waals surface area contributed by atoms with Gasteiger partial charge < -0.3 is 9.84 Å². The van der Waals surface area contributed by atoms with Gasteiger partial charge in [-0.05, 0) is 29.8 Å². The molecule has 126 valence electrons. The van der Waals surface area contributed by atoms with Gasteiger partial charge in [0.25, 0.3) is 0 Å². The number of carbonyl (C=O) groups is 1. The first-order valence-corrected chi connectivity index (χ1v) is 8.02. The lowest BCUT2D eigenvalue weighted by atomic mass is 10.1. The minimum atomic E-state index is -0.935. The fraction of sp³-hybridized carbons (Fsp3) is 0.278. The third kappa shape index (κ3) is 3.93. The summed E-state index contributed by atoms with van der Waals surface area (Å²) in [5.74, 6) is -1.31. The molecule has 1 N–H and O–H groups in total. The van der Waals surface area contributed by atoms with Gasteiger partial charge in [0.05, 0.1) is 18.3 Å². The Hall–Kier alpha value is -1.95. The zero-order valence-electron chi connectivity index (χ0n) is 12.9. The standard InChI is InChI=1S/C18H17ClFNO3/c19-16-9-14(20)4-5-15(16)17-11-21(6-7-24-17)10-12-2-1-3-13(8-12)18(22)23/h1-5,8-9,17H,6-7,10-11H2,(H,22,23). The largest absolute Gasteiger partial charge is 0.478 e. The molecule has 1 heterocycles. The van der Waals surface area contributed by atoms with Crippen molar-refractivity contribution in [3.05, 3.63) is 70.0 Å². The van der Waals surface area contributed by atoms with Crippen molar-refractivity contribution in [3.63, 3.8) is 0 Å². The van der Waals surface area contributed by atoms with Gasteiger partial charge in [-0.25, -0.2) is 9.18 Å². The molecule has 24 heavy (non-hydrogen) atoms. The van der Waals surface area contributed by atoms with Crippen molar-refractivity contribution >= 4 is 17.6 Å². The van der Waals surface area contributed by atoms with Gasteiger partial charge in [0, 0.05) is 30.2 Å². The Morgan fingerprint density at radius 1 is 1.33 bits per heavy atom. The van der Waals surface area contributed by atoms with E-state index in [1.54, 1.807) is 24.3 Å². The van der Waals surface area contributed by atoms with Crippen LogP contribution in [0.4, 0.5) is 4.39 Å². The highest BCUT2D eigenvalue weighted by molar-refractivity contribution is 6.31. The average molecular weight is 350 g/mol. The summed E-state index contributed by atoms with van der Waals surface area (Å²) in [6.45, 7) is 2.52. The van der Waals surface area contributed by atoms with E-state index in [2.05, 4.69) is 4.90 Å². The Bertz CT molecular complexity index is 753. The molecule has 6 heteroatoms. The average Bonchev–Trinajstić information content (AvgIpc) is 2.55. The van der Waals surface area contributed by atoms with Gasteiger partial charge in [0.2, 0.25) is 0 Å². The summed E-state index contributed by atoms with van der Waals surface area (Å²) in [4.78, 5) is 13.2. The maximum Gasteiger partial charge on any atom is 0.335 e. The lowest BCUT2D eigenvalue weighted by Crippen LogP contribution is -2.37. The Labute approximate surface area is 144 Å². The van der Waals surface area contributed by atoms with Crippen molar-refractivity contribution in [3.8, 4) is 0 Å². The highest BCUT2D eigenvalue weighted by Crippen LogP contribution is 2.29. The Morgan fingerprint density at radius 2 is 2.17 bits per heavy atom. The number of halogens is 2. The highest BCUT2D eigenvalue weighted by Gasteiger charge is 2.24. The second-order valence-corrected chi connectivity index (χ2v) is 6.17. The molecule has 4 nitrogen and oxygen atoms in total. The van der Waals surface area contributed by atoms with Crippen molar-refractivity contribution in [2.45, 2.75) is 12.6 Å². The van der Waals surface area contributed by atoms with Crippen molar-refractivity contribution in [1.82, 2.24) is 4.90 Å². The van der Waals surface area contributed by atoms with Crippen LogP contribution in [-0.4, -0.2) is 35.7 Å². The monoisotopic (exact) mass is 349 g/mol. The quantitative estimate of drug-likeness (QED) is 0.913. The highest BCUT2D eigenvalue weighted by atomic mass is 35.5. The number of carboxylic acid groups (broad SMARTS) is 1. The maximum absolute atomic E-state index is 13.2. The number of benzene rings is 2. The van der Waals surface area contributed by atoms with Crippen molar-refractivity contribution in [1.29, 1.82) is 0 Å². The first-order valence-electron chi connectivity index (χ1n) is 7.64. The molecular weight excluding hydrogens is 333 g/mol. The predicted molar refractivity (Wildman–Crippen MR) is 88.8 cm³/mol. The third-order valence-electron chi connectivity index (χ3n) is 4.04. The van der Waals surface area contributed by atoms with Crippen LogP contribution in [0.2, 0.25) is 5.02 Å². The van der Waals surface area contributed by atoms with E-state index < -0.39 is 5.97 Å². The topological polar surface area (TPSA) is 49.8 Å². The molecule has 1 fully saturated rings. The Morgan fingerprint density at radius 3 is 2.92 bits per heavy atom. The number of rotatable bonds is 4. The maximum atomic E-state index is 13.2. The third-order valence-corrected chi connectivity index (χ3v) is 4.37. The van der Waals surface area contributed by atoms with E-state index >= 15 is 0 Å². The molecule has 1 unspecified atom stereocenters. The molecule has 2 aromatic carbocycles. The van der Waals surface area contributed by atoms with E-state index in [1.807, 2.05) is 6.07 Å². The second-order valence-electron chi connectivity index (χ2n) is 5.77. The van der Waals surface area contributed by atoms with E-state index in [0.29, 0.717) is 24.7 Å². The lowest BCUT2D eigenvalue weighted by Gasteiger charge is -2.33. The van der Waals surface area contributed by atoms with Crippen LogP contribution in [0, 0.1) is 5.82 Å². The molecule has 1 saturated heterocycles. The summed E-state index contributed by atoms with van der Waals surface area (Å²) >= 11 is 6.12. The fourth-order valence-corrected chi connectivity index (χ4v) is 3.15. The van der Waals surface area contributed by atoms with E-state index in [9.17, 15) is 9.18 Å². The molecule has 0 bridgehead atoms. The molecule has 2 aromatic rings. The SMILES string of the molecule is O=C(O)c1cccc(CN2CCOC(c3ccc(F)cc3Cl)C2)c1. The molecule has 0 amide bonds. The molecule has 1 atom stereocenters. The van der Waals surface area contributed by atoms with Crippen LogP contribution in [-0.2, 0) is 11.3 Å². The smallest absolute Gasteiger partial charge is 0.335 e. The normalized spacial score (nSPS) is 18.5. The number of hydrogen-bond donors (Lipinski definition) is 1. The van der Waals surface area contributed by atoms with Crippen LogP contribution >= 0.6 is 11.6 Å². The number of hydrogen-bond acceptors (Lipinski definition) is 3. The molecule has 1 aliphatic rings. The number of ether oxygens (including phenoxy) is 1. The summed E-state index contributed by atoms with van der Waals surface area (Å²) in [7, 11) is 0. The van der Waals surface area contributed by atoms with Gasteiger partial charge in [0.15, 0.2) is 0 Å². The molecule has 0 saturated carbocycles. The zero-order valence-corrected chi connectivity index (χ0v) is 13.7. The molecule has 0 aliphatic carbocycles. The Balaban J connectivity index is 1.71. The molecular formula is C18H17ClFNO3. The predicted octanol–water partition coefficient (Wildman–Crippen LogP) is 3.75. The van der Waals surface area contributed by atoms with Crippen LogP contribution in [0.25, 0.3) is 0 Å². The zero-order chi connectivity index (χ0) is 17.1. The first kappa shape index (κ1) is 16.9. The number of carboxylic acids is 1. The fourth-order valence-electron chi connectivity index (χ4n) is 2.86. The summed E-state index contributed by atoms with van der Waals surface area (Å²) in [5.41, 5.74) is 1.97. The molecule has 0 aromatic heterocycles. The first-order chi connectivity index (χ1) is 11.5. The number of nitrogens with zero attached hydrogens (tertiary/aromatic N) is 1. The van der Waals surface area contributed by atoms with Crippen LogP contribution in [0.5, 0.6) is 0 Å². The minimum Gasteiger partial charge on any atom is -0.478 e. The van der Waals surface area contributed by atoms with Crippen LogP contribution < -0.4 is 0 Å². The van der Waals surface area contributed by atoms with E-state index in [1.165, 1.54) is 12.1 Å². The van der Waals surface area contributed by atoms with Crippen molar-refractivity contribution < 1.29 is 19.0 Å². The van der Waals surface area contributed by atoms with E-state index in [4.69, 9.17) is 21.4 Å². The van der Waals surface area contributed by atoms with Crippen LogP contribution in [0.3, 0.4) is 0 Å². The van der Waals surface area contributed by atoms with Gasteiger partial charge in [-0.3, -0.25) is 4.90 Å². The van der Waals surface area contributed by atoms with E-state index in [0.717, 1.165) is 17.7 Å². The van der Waals surface area contributed by atoms with Gasteiger partial charge in [-0.2, -0.15) is 0 Å². The van der Waals surface area contributed by atoms with Gasteiger partial charge >= 0.3 is 5.97 Å². The molecule has 0 spiro atoms. The second kappa shape index (κ2) is 7.30. The summed E-state index contributed by atoms with van der Waals surface area (Å²) < 4.78 is 19.0. The number of aromatic carboxylic acids is 1. The number of morpholine rings is 1. The summed E-state index contributed by atoms with van der Waals surface area (Å²) in [5, 5.41) is 9.44. The van der Waals surface area contributed by atoms with Gasteiger partial charge in [0.1, 0.15) is 5.82 Å². The van der Waals surface area contributed by atoms with Crippen LogP contribution in [0.15, 0.2) is 42.5 Å². The van der Waals surface area contributed by atoms with Crippen molar-refractivity contribution in [2.75, 3.05) is 19.7 Å². The summed E-state index contributed by atoms with van der Waals surface area (Å²) in [6.07, 6.45) is -0.227. The lowest BCUT2D eigenvalue weighted by molar-refractivity contribution is -0.0329.